The van der Waals surface area contributed by atoms with Crippen molar-refractivity contribution in [2.45, 2.75) is 11.4 Å². The maximum absolute atomic E-state index is 13.0. The molecule has 11 nitrogen and oxygen atoms in total. The third-order valence-corrected chi connectivity index (χ3v) is 5.53. The molecule has 0 aliphatic heterocycles. The fourth-order valence-electron chi connectivity index (χ4n) is 2.37. The molecular weight excluding hydrogens is 455 g/mol. The predicted molar refractivity (Wildman–Crippen MR) is 105 cm³/mol. The first-order chi connectivity index (χ1) is 14.6. The maximum Gasteiger partial charge on any atom is 0.421 e. The maximum atomic E-state index is 13.0. The van der Waals surface area contributed by atoms with Gasteiger partial charge in [-0.25, -0.2) is 22.3 Å². The van der Waals surface area contributed by atoms with E-state index in [1.54, 1.807) is 16.9 Å². The number of sulfonamides is 1. The molecule has 1 heterocycles. The molecule has 3 N–H and O–H groups in total. The normalized spacial score (nSPS) is 11.2. The van der Waals surface area contributed by atoms with Crippen molar-refractivity contribution in [2.24, 2.45) is 5.73 Å². The fourth-order valence-corrected chi connectivity index (χ4v) is 3.80. The highest BCUT2D eigenvalue weighted by molar-refractivity contribution is 7.90. The van der Waals surface area contributed by atoms with Gasteiger partial charge in [-0.2, -0.15) is 4.80 Å². The molecule has 0 saturated heterocycles. The number of hydrogen-bond donors (Lipinski definition) is 2. The Kier molecular flexibility index (Phi) is 6.46. The highest BCUT2D eigenvalue weighted by Gasteiger charge is 2.23. The average Bonchev–Trinajstić information content (AvgIpc) is 3.16. The first-order valence-corrected chi connectivity index (χ1v) is 10.3. The lowest BCUT2D eigenvalue weighted by molar-refractivity contribution is -0.120. The van der Waals surface area contributed by atoms with E-state index in [-0.39, 0.29) is 23.2 Å². The number of aromatic nitrogens is 4. The molecular formula is C17H14ClFN6O5S. The Morgan fingerprint density at radius 2 is 1.90 bits per heavy atom. The summed E-state index contributed by atoms with van der Waals surface area (Å²) in [6.45, 7) is -0.544. The highest BCUT2D eigenvalue weighted by atomic mass is 35.5. The smallest absolute Gasteiger partial charge is 0.421 e. The van der Waals surface area contributed by atoms with Crippen molar-refractivity contribution >= 4 is 33.6 Å². The number of primary amides is 1. The number of tetrazole rings is 1. The van der Waals surface area contributed by atoms with Crippen molar-refractivity contribution in [1.29, 1.82) is 0 Å². The monoisotopic (exact) mass is 468 g/mol. The Morgan fingerprint density at radius 1 is 1.19 bits per heavy atom. The van der Waals surface area contributed by atoms with Gasteiger partial charge in [0.15, 0.2) is 6.61 Å². The van der Waals surface area contributed by atoms with Crippen molar-refractivity contribution in [3.05, 3.63) is 58.9 Å². The molecule has 162 valence electrons. The minimum atomic E-state index is -4.38. The number of amides is 2. The van der Waals surface area contributed by atoms with Gasteiger partial charge in [0.1, 0.15) is 10.7 Å². The summed E-state index contributed by atoms with van der Waals surface area (Å²) in [5, 5.41) is 11.7. The van der Waals surface area contributed by atoms with E-state index in [4.69, 9.17) is 17.3 Å². The molecule has 2 amide bonds. The zero-order valence-electron chi connectivity index (χ0n) is 15.5. The summed E-state index contributed by atoms with van der Waals surface area (Å²) in [4.78, 5) is 23.0. The van der Waals surface area contributed by atoms with Gasteiger partial charge in [0.25, 0.3) is 15.9 Å². The summed E-state index contributed by atoms with van der Waals surface area (Å²) in [5.74, 6) is -1.15. The van der Waals surface area contributed by atoms with E-state index in [0.717, 1.165) is 11.6 Å². The van der Waals surface area contributed by atoms with E-state index in [9.17, 15) is 22.4 Å². The van der Waals surface area contributed by atoms with Gasteiger partial charge < -0.3 is 10.5 Å². The molecule has 3 rings (SSSR count). The van der Waals surface area contributed by atoms with Crippen LogP contribution in [-0.2, 0) is 26.1 Å². The molecule has 0 saturated carbocycles. The van der Waals surface area contributed by atoms with Crippen LogP contribution in [0, 0.1) is 5.82 Å². The quantitative estimate of drug-likeness (QED) is 0.521. The number of carbonyl (C=O) groups is 2. The van der Waals surface area contributed by atoms with E-state index >= 15 is 0 Å². The summed E-state index contributed by atoms with van der Waals surface area (Å²) in [5.41, 5.74) is 5.93. The van der Waals surface area contributed by atoms with Crippen molar-refractivity contribution in [2.75, 3.05) is 6.61 Å². The largest absolute Gasteiger partial charge is 0.439 e. The lowest BCUT2D eigenvalue weighted by atomic mass is 10.2. The van der Waals surface area contributed by atoms with Gasteiger partial charge >= 0.3 is 6.09 Å². The third kappa shape index (κ3) is 5.73. The van der Waals surface area contributed by atoms with Crippen LogP contribution in [0.1, 0.15) is 5.56 Å². The first kappa shape index (κ1) is 22.1. The van der Waals surface area contributed by atoms with Gasteiger partial charge in [-0.1, -0.05) is 23.7 Å². The van der Waals surface area contributed by atoms with Crippen LogP contribution in [-0.4, -0.2) is 47.2 Å². The van der Waals surface area contributed by atoms with Crippen LogP contribution in [0.5, 0.6) is 0 Å². The van der Waals surface area contributed by atoms with Gasteiger partial charge in [0.2, 0.25) is 5.82 Å². The first-order valence-electron chi connectivity index (χ1n) is 8.44. The Bertz CT molecular complexity index is 1230. The second-order valence-electron chi connectivity index (χ2n) is 6.06. The summed E-state index contributed by atoms with van der Waals surface area (Å²) < 4.78 is 43.6. The second-order valence-corrected chi connectivity index (χ2v) is 8.12. The van der Waals surface area contributed by atoms with Crippen molar-refractivity contribution in [1.82, 2.24) is 24.9 Å². The third-order valence-electron chi connectivity index (χ3n) is 3.73. The molecule has 0 bridgehead atoms. The Balaban J connectivity index is 1.74. The van der Waals surface area contributed by atoms with Crippen LogP contribution in [0.4, 0.5) is 9.18 Å². The number of ether oxygens (including phenoxy) is 1. The number of hydrogen-bond acceptors (Lipinski definition) is 8. The number of carbonyl (C=O) groups excluding carboxylic acids is 2. The fraction of sp³-hybridized carbons (Fsp3) is 0.118. The average molecular weight is 469 g/mol. The van der Waals surface area contributed by atoms with Crippen LogP contribution in [0.25, 0.3) is 11.4 Å². The zero-order chi connectivity index (χ0) is 22.6. The molecule has 14 heteroatoms. The molecule has 0 radical (unpaired) electrons. The predicted octanol–water partition coefficient (Wildman–Crippen LogP) is 1.08. The number of nitrogens with zero attached hydrogens (tertiary/aromatic N) is 4. The van der Waals surface area contributed by atoms with Crippen LogP contribution < -0.4 is 10.5 Å². The minimum absolute atomic E-state index is 0.168. The van der Waals surface area contributed by atoms with Crippen LogP contribution in [0.15, 0.2) is 47.4 Å². The zero-order valence-corrected chi connectivity index (χ0v) is 17.1. The number of halogens is 2. The van der Waals surface area contributed by atoms with Gasteiger partial charge in [-0.3, -0.25) is 4.79 Å². The van der Waals surface area contributed by atoms with Crippen LogP contribution in [0.3, 0.4) is 0 Å². The molecule has 0 unspecified atom stereocenters. The van der Waals surface area contributed by atoms with E-state index in [1.165, 1.54) is 29.1 Å². The molecule has 0 spiro atoms. The lowest BCUT2D eigenvalue weighted by Gasteiger charge is -2.09. The molecule has 0 aliphatic rings. The van der Waals surface area contributed by atoms with Gasteiger partial charge in [-0.05, 0) is 41.1 Å². The van der Waals surface area contributed by atoms with Crippen molar-refractivity contribution in [3.8, 4) is 11.4 Å². The van der Waals surface area contributed by atoms with Crippen molar-refractivity contribution < 1.29 is 27.1 Å². The summed E-state index contributed by atoms with van der Waals surface area (Å²) in [7, 11) is -4.38. The van der Waals surface area contributed by atoms with E-state index in [0.29, 0.717) is 5.56 Å². The van der Waals surface area contributed by atoms with Crippen LogP contribution in [0.2, 0.25) is 5.02 Å². The van der Waals surface area contributed by atoms with Gasteiger partial charge in [0.05, 0.1) is 11.6 Å². The summed E-state index contributed by atoms with van der Waals surface area (Å²) >= 11 is 6.06. The van der Waals surface area contributed by atoms with E-state index in [2.05, 4.69) is 20.1 Å². The molecule has 0 aliphatic carbocycles. The topological polar surface area (TPSA) is 159 Å². The van der Waals surface area contributed by atoms with E-state index in [1.807, 2.05) is 0 Å². The molecule has 0 fully saturated rings. The van der Waals surface area contributed by atoms with Gasteiger partial charge in [-0.15, -0.1) is 10.2 Å². The lowest BCUT2D eigenvalue weighted by Crippen LogP contribution is -2.33. The Labute approximate surface area is 180 Å². The summed E-state index contributed by atoms with van der Waals surface area (Å²) in [6.07, 6.45) is -1.38. The molecule has 0 atom stereocenters. The Hall–Kier alpha value is -3.58. The second kappa shape index (κ2) is 9.06. The van der Waals surface area contributed by atoms with Crippen LogP contribution >= 0.6 is 11.6 Å². The molecule has 1 aromatic heterocycles. The number of benzene rings is 2. The molecule has 3 aromatic rings. The standard InChI is InChI=1S/C17H14ClFN6O5S/c18-13-7-11(3-6-14(13)31(28,29)23-17(27)30-9-15(20)26)16-21-24-25(22-16)8-10-1-4-12(19)5-2-10/h1-7H,8-9H2,(H2,20,26)(H,23,27). The minimum Gasteiger partial charge on any atom is -0.439 e. The molecule has 31 heavy (non-hydrogen) atoms. The van der Waals surface area contributed by atoms with Crippen molar-refractivity contribution in [3.63, 3.8) is 0 Å². The summed E-state index contributed by atoms with van der Waals surface area (Å²) in [6, 6.07) is 9.57. The number of nitrogens with two attached hydrogens (primary N) is 1. The number of rotatable bonds is 7. The number of nitrogens with one attached hydrogen (secondary N) is 1. The Morgan fingerprint density at radius 3 is 2.55 bits per heavy atom. The molecule has 2 aromatic carbocycles. The SMILES string of the molecule is NC(=O)COC(=O)NS(=O)(=O)c1ccc(-c2nnn(Cc3ccc(F)cc3)n2)cc1Cl. The van der Waals surface area contributed by atoms with Gasteiger partial charge in [0, 0.05) is 5.56 Å². The highest BCUT2D eigenvalue weighted by Crippen LogP contribution is 2.26. The van der Waals surface area contributed by atoms with E-state index < -0.39 is 33.5 Å².